The molecule has 1 fully saturated rings. The van der Waals surface area contributed by atoms with E-state index in [2.05, 4.69) is 39.8 Å². The summed E-state index contributed by atoms with van der Waals surface area (Å²) in [7, 11) is 1.63. The normalized spacial score (nSPS) is 15.0. The van der Waals surface area contributed by atoms with Gasteiger partial charge in [0, 0.05) is 20.2 Å². The molecule has 3 N–H and O–H groups in total. The highest BCUT2D eigenvalue weighted by molar-refractivity contribution is 7.80. The summed E-state index contributed by atoms with van der Waals surface area (Å²) >= 11 is 5.50. The number of nitrogens with zero attached hydrogens (tertiary/aromatic N) is 1. The molecule has 1 saturated heterocycles. The summed E-state index contributed by atoms with van der Waals surface area (Å²) in [5.41, 5.74) is 1.31. The lowest BCUT2D eigenvalue weighted by Crippen LogP contribution is -3.16. The first-order chi connectivity index (χ1) is 12.2. The van der Waals surface area contributed by atoms with Crippen molar-refractivity contribution in [1.29, 1.82) is 0 Å². The van der Waals surface area contributed by atoms with E-state index in [1.165, 1.54) is 10.5 Å². The van der Waals surface area contributed by atoms with Crippen molar-refractivity contribution >= 4 is 23.2 Å². The number of hydrogen-bond donors (Lipinski definition) is 3. The van der Waals surface area contributed by atoms with Crippen molar-refractivity contribution in [3.8, 4) is 0 Å². The summed E-state index contributed by atoms with van der Waals surface area (Å²) in [6.07, 6.45) is 0.966. The average molecular weight is 366 g/mol. The van der Waals surface area contributed by atoms with Crippen LogP contribution in [0.3, 0.4) is 0 Å². The van der Waals surface area contributed by atoms with E-state index in [1.807, 2.05) is 6.07 Å². The molecule has 138 valence electrons. The Morgan fingerprint density at radius 1 is 1.20 bits per heavy atom. The molecule has 1 aromatic rings. The zero-order chi connectivity index (χ0) is 17.9. The largest absolute Gasteiger partial charge is 0.383 e. The van der Waals surface area contributed by atoms with Gasteiger partial charge in [0.25, 0.3) is 5.91 Å². The Bertz CT molecular complexity index is 533. The highest BCUT2D eigenvalue weighted by Gasteiger charge is 2.23. The number of nitrogens with one attached hydrogen (secondary N) is 3. The standard InChI is InChI=1S/C18H28N4O2S/c1-24-14-9-19-17(23)15-21-10-12-22(13-11-21)18(25)20-8-7-16-5-3-2-4-6-16/h2-6H,7-15H2,1H3,(H,19,23)(H,20,25)/p+1. The molecule has 0 atom stereocenters. The quantitative estimate of drug-likeness (QED) is 0.410. The minimum absolute atomic E-state index is 0.0871. The Kier molecular flexibility index (Phi) is 8.65. The highest BCUT2D eigenvalue weighted by Crippen LogP contribution is 1.99. The Hall–Kier alpha value is -1.70. The molecule has 2 rings (SSSR count). The number of quaternary nitrogens is 1. The van der Waals surface area contributed by atoms with Crippen LogP contribution in [0.1, 0.15) is 5.56 Å². The van der Waals surface area contributed by atoms with Gasteiger partial charge in [-0.2, -0.15) is 0 Å². The number of carbonyl (C=O) groups excluding carboxylic acids is 1. The lowest BCUT2D eigenvalue weighted by Gasteiger charge is -2.33. The summed E-state index contributed by atoms with van der Waals surface area (Å²) in [6.45, 7) is 6.12. The maximum absolute atomic E-state index is 11.8. The fourth-order valence-corrected chi connectivity index (χ4v) is 3.14. The molecule has 1 aliphatic rings. The molecule has 0 unspecified atom stereocenters. The summed E-state index contributed by atoms with van der Waals surface area (Å²) in [4.78, 5) is 15.3. The maximum atomic E-state index is 11.8. The molecule has 1 aromatic carbocycles. The van der Waals surface area contributed by atoms with Crippen molar-refractivity contribution in [1.82, 2.24) is 15.5 Å². The molecule has 0 saturated carbocycles. The molecule has 7 heteroatoms. The topological polar surface area (TPSA) is 58.0 Å². The minimum Gasteiger partial charge on any atom is -0.383 e. The SMILES string of the molecule is COCCNC(=O)C[NH+]1CCN(C(=S)NCCc2ccccc2)CC1. The van der Waals surface area contributed by atoms with Crippen LogP contribution in [0.15, 0.2) is 30.3 Å². The van der Waals surface area contributed by atoms with E-state index in [-0.39, 0.29) is 5.91 Å². The van der Waals surface area contributed by atoms with Crippen molar-refractivity contribution in [2.75, 3.05) is 59.5 Å². The summed E-state index contributed by atoms with van der Waals surface area (Å²) in [5, 5.41) is 7.04. The van der Waals surface area contributed by atoms with Gasteiger partial charge in [-0.15, -0.1) is 0 Å². The fraction of sp³-hybridized carbons (Fsp3) is 0.556. The molecule has 0 aromatic heterocycles. The lowest BCUT2D eigenvalue weighted by atomic mass is 10.1. The van der Waals surface area contributed by atoms with Crippen molar-refractivity contribution < 1.29 is 14.4 Å². The average Bonchev–Trinajstić information content (AvgIpc) is 2.63. The molecule has 0 radical (unpaired) electrons. The predicted molar refractivity (Wildman–Crippen MR) is 103 cm³/mol. The molecule has 1 heterocycles. The maximum Gasteiger partial charge on any atom is 0.275 e. The van der Waals surface area contributed by atoms with Crippen LogP contribution in [0.25, 0.3) is 0 Å². The van der Waals surface area contributed by atoms with E-state index >= 15 is 0 Å². The van der Waals surface area contributed by atoms with Crippen molar-refractivity contribution in [2.45, 2.75) is 6.42 Å². The minimum atomic E-state index is 0.0871. The molecular formula is C18H29N4O2S+. The zero-order valence-electron chi connectivity index (χ0n) is 14.9. The third-order valence-corrected chi connectivity index (χ3v) is 4.73. The van der Waals surface area contributed by atoms with Gasteiger partial charge >= 0.3 is 0 Å². The predicted octanol–water partition coefficient (Wildman–Crippen LogP) is -0.933. The lowest BCUT2D eigenvalue weighted by molar-refractivity contribution is -0.895. The number of ether oxygens (including phenoxy) is 1. The first-order valence-corrected chi connectivity index (χ1v) is 9.26. The van der Waals surface area contributed by atoms with Crippen molar-refractivity contribution in [3.05, 3.63) is 35.9 Å². The molecule has 25 heavy (non-hydrogen) atoms. The number of piperazine rings is 1. The number of benzene rings is 1. The Balaban J connectivity index is 1.60. The van der Waals surface area contributed by atoms with Gasteiger partial charge in [0.05, 0.1) is 32.8 Å². The van der Waals surface area contributed by atoms with Crippen LogP contribution < -0.4 is 15.5 Å². The first-order valence-electron chi connectivity index (χ1n) is 8.85. The summed E-state index contributed by atoms with van der Waals surface area (Å²) in [5.74, 6) is 0.0871. The first kappa shape index (κ1) is 19.6. The number of amides is 1. The summed E-state index contributed by atoms with van der Waals surface area (Å²) < 4.78 is 4.93. The van der Waals surface area contributed by atoms with Crippen LogP contribution in [0.5, 0.6) is 0 Å². The third kappa shape index (κ3) is 7.37. The number of thiocarbonyl (C=S) groups is 1. The highest BCUT2D eigenvalue weighted by atomic mass is 32.1. The van der Waals surface area contributed by atoms with Crippen molar-refractivity contribution in [2.24, 2.45) is 0 Å². The molecule has 0 spiro atoms. The summed E-state index contributed by atoms with van der Waals surface area (Å²) in [6, 6.07) is 10.4. The number of carbonyl (C=O) groups is 1. The van der Waals surface area contributed by atoms with Crippen LogP contribution >= 0.6 is 12.2 Å². The molecule has 1 aliphatic heterocycles. The van der Waals surface area contributed by atoms with Gasteiger partial charge in [-0.25, -0.2) is 0 Å². The monoisotopic (exact) mass is 365 g/mol. The zero-order valence-corrected chi connectivity index (χ0v) is 15.7. The second-order valence-electron chi connectivity index (χ2n) is 6.22. The second-order valence-corrected chi connectivity index (χ2v) is 6.61. The van der Waals surface area contributed by atoms with Gasteiger partial charge < -0.3 is 25.2 Å². The number of hydrogen-bond acceptors (Lipinski definition) is 3. The van der Waals surface area contributed by atoms with Gasteiger partial charge in [-0.3, -0.25) is 4.79 Å². The number of rotatable bonds is 8. The molecule has 0 aliphatic carbocycles. The van der Waals surface area contributed by atoms with E-state index in [9.17, 15) is 4.79 Å². The van der Waals surface area contributed by atoms with Crippen molar-refractivity contribution in [3.63, 3.8) is 0 Å². The second kappa shape index (κ2) is 11.0. The molecule has 1 amide bonds. The van der Waals surface area contributed by atoms with Crippen LogP contribution in [0.4, 0.5) is 0 Å². The third-order valence-electron chi connectivity index (χ3n) is 4.33. The van der Waals surface area contributed by atoms with Crippen LogP contribution in [0.2, 0.25) is 0 Å². The van der Waals surface area contributed by atoms with E-state index in [4.69, 9.17) is 17.0 Å². The Morgan fingerprint density at radius 2 is 1.92 bits per heavy atom. The smallest absolute Gasteiger partial charge is 0.275 e. The van der Waals surface area contributed by atoms with Gasteiger partial charge in [-0.1, -0.05) is 30.3 Å². The van der Waals surface area contributed by atoms with Crippen LogP contribution in [-0.4, -0.2) is 75.4 Å². The van der Waals surface area contributed by atoms with Gasteiger partial charge in [0.2, 0.25) is 0 Å². The fourth-order valence-electron chi connectivity index (χ4n) is 2.86. The molecular weight excluding hydrogens is 336 g/mol. The number of methoxy groups -OCH3 is 1. The van der Waals surface area contributed by atoms with Gasteiger partial charge in [0.1, 0.15) is 0 Å². The van der Waals surface area contributed by atoms with E-state index in [1.54, 1.807) is 7.11 Å². The Labute approximate surface area is 155 Å². The van der Waals surface area contributed by atoms with E-state index in [0.717, 1.165) is 44.3 Å². The Morgan fingerprint density at radius 3 is 2.60 bits per heavy atom. The van der Waals surface area contributed by atoms with E-state index in [0.29, 0.717) is 19.7 Å². The molecule has 6 nitrogen and oxygen atoms in total. The van der Waals surface area contributed by atoms with Gasteiger partial charge in [-0.05, 0) is 24.2 Å². The van der Waals surface area contributed by atoms with Crippen LogP contribution in [0, 0.1) is 0 Å². The molecule has 0 bridgehead atoms. The van der Waals surface area contributed by atoms with Crippen LogP contribution in [-0.2, 0) is 16.0 Å². The van der Waals surface area contributed by atoms with E-state index < -0.39 is 0 Å². The van der Waals surface area contributed by atoms with Gasteiger partial charge in [0.15, 0.2) is 11.7 Å².